The Bertz CT molecular complexity index is 775. The summed E-state index contributed by atoms with van der Waals surface area (Å²) >= 11 is 1.09. The Morgan fingerprint density at radius 2 is 1.72 bits per heavy atom. The minimum absolute atomic E-state index is 0.120. The molecule has 0 radical (unpaired) electrons. The summed E-state index contributed by atoms with van der Waals surface area (Å²) in [6.07, 6.45) is 0. The number of anilines is 2. The molecule has 132 valence electrons. The van der Waals surface area contributed by atoms with Crippen LogP contribution in [0.3, 0.4) is 0 Å². The van der Waals surface area contributed by atoms with Crippen LogP contribution in [0.5, 0.6) is 0 Å². The van der Waals surface area contributed by atoms with E-state index >= 15 is 0 Å². The van der Waals surface area contributed by atoms with Crippen molar-refractivity contribution in [1.29, 1.82) is 0 Å². The fourth-order valence-electron chi connectivity index (χ4n) is 1.86. The summed E-state index contributed by atoms with van der Waals surface area (Å²) in [6.45, 7) is 3.86. The van der Waals surface area contributed by atoms with E-state index in [2.05, 4.69) is 15.6 Å². The molecule has 8 nitrogen and oxygen atoms in total. The van der Waals surface area contributed by atoms with Crippen molar-refractivity contribution in [3.8, 4) is 0 Å². The Morgan fingerprint density at radius 1 is 1.04 bits per heavy atom. The van der Waals surface area contributed by atoms with Crippen LogP contribution in [-0.4, -0.2) is 36.2 Å². The van der Waals surface area contributed by atoms with Gasteiger partial charge in [0, 0.05) is 5.38 Å². The average Bonchev–Trinajstić information content (AvgIpc) is 3.04. The van der Waals surface area contributed by atoms with Gasteiger partial charge < -0.3 is 14.8 Å². The third-order valence-corrected chi connectivity index (χ3v) is 3.64. The number of thiazole rings is 1. The number of para-hydroxylation sites is 1. The van der Waals surface area contributed by atoms with Gasteiger partial charge in [-0.2, -0.15) is 0 Å². The summed E-state index contributed by atoms with van der Waals surface area (Å²) in [5, 5.41) is 6.78. The molecule has 0 aliphatic heterocycles. The zero-order valence-electron chi connectivity index (χ0n) is 13.7. The number of hydrogen-bond acceptors (Lipinski definition) is 7. The first-order chi connectivity index (χ1) is 12.0. The highest BCUT2D eigenvalue weighted by atomic mass is 32.1. The molecule has 2 N–H and O–H groups in total. The Hall–Kier alpha value is -2.94. The van der Waals surface area contributed by atoms with Crippen LogP contribution in [0.25, 0.3) is 0 Å². The summed E-state index contributed by atoms with van der Waals surface area (Å²) in [5.74, 6) is -1.09. The Kier molecular flexibility index (Phi) is 6.47. The minimum Gasteiger partial charge on any atom is -0.462 e. The first kappa shape index (κ1) is 18.4. The molecule has 0 saturated carbocycles. The van der Waals surface area contributed by atoms with E-state index in [1.54, 1.807) is 38.1 Å². The van der Waals surface area contributed by atoms with Crippen molar-refractivity contribution in [2.24, 2.45) is 0 Å². The molecule has 0 atom stereocenters. The van der Waals surface area contributed by atoms with Gasteiger partial charge in [-0.1, -0.05) is 12.1 Å². The molecule has 2 rings (SSSR count). The number of carbonyl (C=O) groups is 3. The van der Waals surface area contributed by atoms with Crippen molar-refractivity contribution in [1.82, 2.24) is 4.98 Å². The summed E-state index contributed by atoms with van der Waals surface area (Å²) in [5.41, 5.74) is 0.667. The topological polar surface area (TPSA) is 107 Å². The lowest BCUT2D eigenvalue weighted by atomic mass is 10.2. The summed E-state index contributed by atoms with van der Waals surface area (Å²) < 4.78 is 9.78. The molecule has 0 fully saturated rings. The molecule has 1 heterocycles. The largest absolute Gasteiger partial charge is 0.462 e. The second kappa shape index (κ2) is 8.78. The average molecular weight is 363 g/mol. The molecule has 1 aromatic carbocycles. The van der Waals surface area contributed by atoms with Crippen molar-refractivity contribution in [2.45, 2.75) is 13.8 Å². The zero-order valence-corrected chi connectivity index (χ0v) is 14.5. The number of esters is 2. The maximum absolute atomic E-state index is 12.1. The second-order valence-electron chi connectivity index (χ2n) is 4.60. The van der Waals surface area contributed by atoms with Crippen LogP contribution in [0.4, 0.5) is 15.6 Å². The van der Waals surface area contributed by atoms with Crippen LogP contribution in [0.2, 0.25) is 0 Å². The molecule has 25 heavy (non-hydrogen) atoms. The van der Waals surface area contributed by atoms with Crippen LogP contribution in [0.1, 0.15) is 34.7 Å². The van der Waals surface area contributed by atoms with Gasteiger partial charge >= 0.3 is 18.0 Å². The molecule has 2 aromatic rings. The van der Waals surface area contributed by atoms with Crippen molar-refractivity contribution in [3.05, 3.63) is 40.9 Å². The highest BCUT2D eigenvalue weighted by Gasteiger charge is 2.16. The second-order valence-corrected chi connectivity index (χ2v) is 5.46. The predicted octanol–water partition coefficient (Wildman–Crippen LogP) is 3.14. The van der Waals surface area contributed by atoms with Gasteiger partial charge in [0.15, 0.2) is 10.8 Å². The number of nitrogens with zero attached hydrogens (tertiary/aromatic N) is 1. The van der Waals surface area contributed by atoms with Crippen LogP contribution < -0.4 is 10.6 Å². The number of amides is 2. The normalized spacial score (nSPS) is 10.0. The number of aromatic nitrogens is 1. The molecular formula is C16H17N3O5S. The fourth-order valence-corrected chi connectivity index (χ4v) is 2.53. The maximum atomic E-state index is 12.1. The number of carbonyl (C=O) groups excluding carboxylic acids is 3. The lowest BCUT2D eigenvalue weighted by Gasteiger charge is -2.10. The van der Waals surface area contributed by atoms with Gasteiger partial charge in [-0.05, 0) is 26.0 Å². The van der Waals surface area contributed by atoms with Crippen molar-refractivity contribution in [2.75, 3.05) is 23.8 Å². The predicted molar refractivity (Wildman–Crippen MR) is 93.1 cm³/mol. The van der Waals surface area contributed by atoms with E-state index in [0.29, 0.717) is 5.69 Å². The first-order valence-electron chi connectivity index (χ1n) is 7.52. The van der Waals surface area contributed by atoms with Gasteiger partial charge in [0.2, 0.25) is 0 Å². The highest BCUT2D eigenvalue weighted by Crippen LogP contribution is 2.19. The van der Waals surface area contributed by atoms with E-state index in [4.69, 9.17) is 9.47 Å². The van der Waals surface area contributed by atoms with Crippen molar-refractivity contribution in [3.63, 3.8) is 0 Å². The summed E-state index contributed by atoms with van der Waals surface area (Å²) in [6, 6.07) is 5.89. The molecule has 0 unspecified atom stereocenters. The van der Waals surface area contributed by atoms with E-state index in [-0.39, 0.29) is 29.6 Å². The SMILES string of the molecule is CCOC(=O)c1csc(NC(=O)Nc2ccccc2C(=O)OCC)n1. The standard InChI is InChI=1S/C16H17N3O5S/c1-3-23-13(20)10-7-5-6-8-11(10)17-15(22)19-16-18-12(9-25-16)14(21)24-4-2/h5-9H,3-4H2,1-2H3,(H2,17,18,19,22). The van der Waals surface area contributed by atoms with E-state index in [0.717, 1.165) is 11.3 Å². The number of rotatable bonds is 6. The van der Waals surface area contributed by atoms with E-state index in [9.17, 15) is 14.4 Å². The molecule has 0 bridgehead atoms. The number of benzene rings is 1. The van der Waals surface area contributed by atoms with Crippen LogP contribution in [0, 0.1) is 0 Å². The van der Waals surface area contributed by atoms with Crippen molar-refractivity contribution >= 4 is 40.1 Å². The van der Waals surface area contributed by atoms with E-state index in [1.807, 2.05) is 0 Å². The minimum atomic E-state index is -0.596. The van der Waals surface area contributed by atoms with Crippen LogP contribution in [-0.2, 0) is 9.47 Å². The maximum Gasteiger partial charge on any atom is 0.357 e. The number of nitrogens with one attached hydrogen (secondary N) is 2. The number of urea groups is 1. The molecule has 1 aromatic heterocycles. The Morgan fingerprint density at radius 3 is 2.44 bits per heavy atom. The van der Waals surface area contributed by atoms with E-state index < -0.39 is 18.0 Å². The first-order valence-corrected chi connectivity index (χ1v) is 8.39. The quantitative estimate of drug-likeness (QED) is 0.764. The fraction of sp³-hybridized carbons (Fsp3) is 0.250. The smallest absolute Gasteiger partial charge is 0.357 e. The molecule has 0 aliphatic carbocycles. The zero-order chi connectivity index (χ0) is 18.2. The highest BCUT2D eigenvalue weighted by molar-refractivity contribution is 7.14. The van der Waals surface area contributed by atoms with Gasteiger partial charge in [-0.15, -0.1) is 11.3 Å². The van der Waals surface area contributed by atoms with Crippen LogP contribution >= 0.6 is 11.3 Å². The molecule has 0 aliphatic rings. The molecular weight excluding hydrogens is 346 g/mol. The summed E-state index contributed by atoms with van der Waals surface area (Å²) in [4.78, 5) is 39.5. The van der Waals surface area contributed by atoms with E-state index in [1.165, 1.54) is 5.38 Å². The van der Waals surface area contributed by atoms with Gasteiger partial charge in [0.25, 0.3) is 0 Å². The third kappa shape index (κ3) is 5.01. The monoisotopic (exact) mass is 363 g/mol. The van der Waals surface area contributed by atoms with Gasteiger partial charge in [0.05, 0.1) is 24.5 Å². The molecule has 9 heteroatoms. The molecule has 0 saturated heterocycles. The van der Waals surface area contributed by atoms with Crippen LogP contribution in [0.15, 0.2) is 29.6 Å². The van der Waals surface area contributed by atoms with Gasteiger partial charge in [0.1, 0.15) is 0 Å². The Balaban J connectivity index is 2.04. The third-order valence-electron chi connectivity index (χ3n) is 2.88. The number of ether oxygens (including phenoxy) is 2. The lowest BCUT2D eigenvalue weighted by molar-refractivity contribution is 0.0514. The molecule has 0 spiro atoms. The molecule has 2 amide bonds. The number of hydrogen-bond donors (Lipinski definition) is 2. The van der Waals surface area contributed by atoms with Crippen molar-refractivity contribution < 1.29 is 23.9 Å². The Labute approximate surface area is 148 Å². The van der Waals surface area contributed by atoms with Gasteiger partial charge in [-0.3, -0.25) is 5.32 Å². The summed E-state index contributed by atoms with van der Waals surface area (Å²) in [7, 11) is 0. The van der Waals surface area contributed by atoms with Gasteiger partial charge in [-0.25, -0.2) is 19.4 Å². The lowest BCUT2D eigenvalue weighted by Crippen LogP contribution is -2.21.